The predicted octanol–water partition coefficient (Wildman–Crippen LogP) is 4.57. The second-order valence-electron chi connectivity index (χ2n) is 7.80. The number of urea groups is 1. The minimum Gasteiger partial charge on any atom is -0.360 e. The summed E-state index contributed by atoms with van der Waals surface area (Å²) < 4.78 is 5.28. The maximum atomic E-state index is 13.2. The number of aryl methyl sites for hydroxylation is 2. The molecule has 0 unspecified atom stereocenters. The number of carbonyl (C=O) groups is 2. The van der Waals surface area contributed by atoms with Crippen LogP contribution in [0.1, 0.15) is 27.4 Å². The molecule has 166 valence electrons. The van der Waals surface area contributed by atoms with Gasteiger partial charge in [-0.1, -0.05) is 29.4 Å². The first-order valence-electron chi connectivity index (χ1n) is 10.6. The van der Waals surface area contributed by atoms with Crippen LogP contribution in [0.5, 0.6) is 0 Å². The molecule has 32 heavy (non-hydrogen) atoms. The maximum Gasteiger partial charge on any atom is 0.321 e. The van der Waals surface area contributed by atoms with Crippen LogP contribution < -0.4 is 5.32 Å². The Morgan fingerprint density at radius 2 is 1.75 bits per heavy atom. The van der Waals surface area contributed by atoms with E-state index in [1.165, 1.54) is 0 Å². The number of aromatic nitrogens is 1. The number of hydrogen-bond donors (Lipinski definition) is 1. The molecule has 4 rings (SSSR count). The number of carbonyl (C=O) groups excluding carboxylic acids is 2. The smallest absolute Gasteiger partial charge is 0.321 e. The Morgan fingerprint density at radius 3 is 2.47 bits per heavy atom. The molecule has 0 atom stereocenters. The van der Waals surface area contributed by atoms with Crippen LogP contribution in [0.15, 0.2) is 64.0 Å². The highest BCUT2D eigenvalue weighted by Gasteiger charge is 2.26. The van der Waals surface area contributed by atoms with Gasteiger partial charge in [-0.25, -0.2) is 4.79 Å². The van der Waals surface area contributed by atoms with Gasteiger partial charge in [0.25, 0.3) is 5.91 Å². The molecular weight excluding hydrogens is 424 g/mol. The minimum absolute atomic E-state index is 0.0133. The van der Waals surface area contributed by atoms with Gasteiger partial charge in [0, 0.05) is 42.8 Å². The lowest BCUT2D eigenvalue weighted by molar-refractivity contribution is 0.0668. The second kappa shape index (κ2) is 9.91. The van der Waals surface area contributed by atoms with E-state index in [2.05, 4.69) is 10.5 Å². The number of hydrogen-bond acceptors (Lipinski definition) is 5. The second-order valence-corrected chi connectivity index (χ2v) is 8.82. The summed E-state index contributed by atoms with van der Waals surface area (Å²) in [5, 5.41) is 6.85. The van der Waals surface area contributed by atoms with Crippen LogP contribution in [-0.4, -0.2) is 53.1 Å². The monoisotopic (exact) mass is 450 g/mol. The Hall–Kier alpha value is -3.26. The molecule has 3 aromatic rings. The maximum absolute atomic E-state index is 13.2. The topological polar surface area (TPSA) is 78.7 Å². The van der Waals surface area contributed by atoms with Crippen molar-refractivity contribution in [2.75, 3.05) is 31.5 Å². The fourth-order valence-corrected chi connectivity index (χ4v) is 4.53. The normalized spacial score (nSPS) is 13.8. The van der Waals surface area contributed by atoms with Crippen LogP contribution in [0.3, 0.4) is 0 Å². The highest BCUT2D eigenvalue weighted by molar-refractivity contribution is 7.98. The summed E-state index contributed by atoms with van der Waals surface area (Å²) in [6.45, 7) is 5.87. The number of nitrogens with one attached hydrogen (secondary N) is 1. The standard InChI is InChI=1S/C24H26N4O3S/c1-17-6-5-7-19(14-17)25-24(30)28-12-10-27(11-13-28)23(29)21-8-3-4-9-22(21)32-16-20-15-18(2)26-31-20/h3-9,14-15H,10-13,16H2,1-2H3,(H,25,30). The van der Waals surface area contributed by atoms with Crippen molar-refractivity contribution in [3.05, 3.63) is 77.2 Å². The van der Waals surface area contributed by atoms with Crippen LogP contribution in [0.4, 0.5) is 10.5 Å². The van der Waals surface area contributed by atoms with Gasteiger partial charge in [-0.05, 0) is 43.7 Å². The molecule has 1 aliphatic rings. The number of rotatable bonds is 5. The fraction of sp³-hybridized carbons (Fsp3) is 0.292. The van der Waals surface area contributed by atoms with Gasteiger partial charge in [0.2, 0.25) is 0 Å². The number of anilines is 1. The molecule has 1 aromatic heterocycles. The zero-order valence-corrected chi connectivity index (χ0v) is 19.0. The van der Waals surface area contributed by atoms with Gasteiger partial charge >= 0.3 is 6.03 Å². The van der Waals surface area contributed by atoms with E-state index in [-0.39, 0.29) is 11.9 Å². The molecule has 1 saturated heterocycles. The third-order valence-electron chi connectivity index (χ3n) is 5.29. The summed E-state index contributed by atoms with van der Waals surface area (Å²) in [6, 6.07) is 17.1. The Morgan fingerprint density at radius 1 is 1.00 bits per heavy atom. The first-order valence-corrected chi connectivity index (χ1v) is 11.5. The SMILES string of the molecule is Cc1cccc(NC(=O)N2CCN(C(=O)c3ccccc3SCc3cc(C)no3)CC2)c1. The molecule has 7 nitrogen and oxygen atoms in total. The van der Waals surface area contributed by atoms with Crippen molar-refractivity contribution in [1.29, 1.82) is 0 Å². The molecule has 0 radical (unpaired) electrons. The number of amides is 3. The Balaban J connectivity index is 1.34. The first kappa shape index (κ1) is 22.0. The molecule has 1 fully saturated rings. The Labute approximate surface area is 191 Å². The van der Waals surface area contributed by atoms with Crippen LogP contribution in [0.2, 0.25) is 0 Å². The van der Waals surface area contributed by atoms with Crippen molar-refractivity contribution in [3.63, 3.8) is 0 Å². The number of piperazine rings is 1. The quantitative estimate of drug-likeness (QED) is 0.576. The molecule has 0 saturated carbocycles. The summed E-state index contributed by atoms with van der Waals surface area (Å²) in [5.74, 6) is 1.38. The van der Waals surface area contributed by atoms with Crippen molar-refractivity contribution < 1.29 is 14.1 Å². The van der Waals surface area contributed by atoms with Crippen LogP contribution >= 0.6 is 11.8 Å². The molecular formula is C24H26N4O3S. The lowest BCUT2D eigenvalue weighted by Crippen LogP contribution is -2.51. The zero-order chi connectivity index (χ0) is 22.5. The largest absolute Gasteiger partial charge is 0.360 e. The third-order valence-corrected chi connectivity index (χ3v) is 6.38. The fourth-order valence-electron chi connectivity index (χ4n) is 3.61. The average Bonchev–Trinajstić information content (AvgIpc) is 3.22. The van der Waals surface area contributed by atoms with Crippen molar-refractivity contribution in [1.82, 2.24) is 15.0 Å². The van der Waals surface area contributed by atoms with Gasteiger partial charge in [0.15, 0.2) is 0 Å². The molecule has 2 aromatic carbocycles. The van der Waals surface area contributed by atoms with E-state index < -0.39 is 0 Å². The van der Waals surface area contributed by atoms with Crippen LogP contribution in [0, 0.1) is 13.8 Å². The highest BCUT2D eigenvalue weighted by atomic mass is 32.2. The summed E-state index contributed by atoms with van der Waals surface area (Å²) in [7, 11) is 0. The minimum atomic E-state index is -0.138. The summed E-state index contributed by atoms with van der Waals surface area (Å²) in [6.07, 6.45) is 0. The first-order chi connectivity index (χ1) is 15.5. The number of benzene rings is 2. The van der Waals surface area contributed by atoms with Crippen LogP contribution in [-0.2, 0) is 5.75 Å². The number of thioether (sulfide) groups is 1. The summed E-state index contributed by atoms with van der Waals surface area (Å²) in [5.41, 5.74) is 3.38. The van der Waals surface area contributed by atoms with Crippen molar-refractivity contribution in [2.24, 2.45) is 0 Å². The molecule has 1 aliphatic heterocycles. The van der Waals surface area contributed by atoms with E-state index in [4.69, 9.17) is 4.52 Å². The molecule has 8 heteroatoms. The van der Waals surface area contributed by atoms with E-state index in [0.29, 0.717) is 37.5 Å². The van der Waals surface area contributed by atoms with E-state index >= 15 is 0 Å². The van der Waals surface area contributed by atoms with Gasteiger partial charge in [0.05, 0.1) is 17.0 Å². The van der Waals surface area contributed by atoms with Crippen molar-refractivity contribution in [2.45, 2.75) is 24.5 Å². The Bertz CT molecular complexity index is 1110. The van der Waals surface area contributed by atoms with E-state index in [0.717, 1.165) is 27.6 Å². The van der Waals surface area contributed by atoms with Crippen molar-refractivity contribution in [3.8, 4) is 0 Å². The average molecular weight is 451 g/mol. The van der Waals surface area contributed by atoms with Gasteiger partial charge in [0.1, 0.15) is 5.76 Å². The van der Waals surface area contributed by atoms with E-state index in [1.54, 1.807) is 16.7 Å². The lowest BCUT2D eigenvalue weighted by atomic mass is 10.2. The van der Waals surface area contributed by atoms with Gasteiger partial charge in [-0.15, -0.1) is 11.8 Å². The summed E-state index contributed by atoms with van der Waals surface area (Å²) >= 11 is 1.56. The predicted molar refractivity (Wildman–Crippen MR) is 125 cm³/mol. The highest BCUT2D eigenvalue weighted by Crippen LogP contribution is 2.28. The number of nitrogens with zero attached hydrogens (tertiary/aromatic N) is 3. The zero-order valence-electron chi connectivity index (χ0n) is 18.2. The van der Waals surface area contributed by atoms with Gasteiger partial charge in [-0.2, -0.15) is 0 Å². The lowest BCUT2D eigenvalue weighted by Gasteiger charge is -2.35. The van der Waals surface area contributed by atoms with Gasteiger partial charge in [-0.3, -0.25) is 4.79 Å². The third kappa shape index (κ3) is 5.31. The van der Waals surface area contributed by atoms with E-state index in [9.17, 15) is 9.59 Å². The summed E-state index contributed by atoms with van der Waals surface area (Å²) in [4.78, 5) is 30.3. The van der Waals surface area contributed by atoms with Gasteiger partial charge < -0.3 is 19.6 Å². The molecule has 2 heterocycles. The van der Waals surface area contributed by atoms with E-state index in [1.807, 2.05) is 73.3 Å². The van der Waals surface area contributed by atoms with Crippen molar-refractivity contribution >= 4 is 29.4 Å². The molecule has 0 bridgehead atoms. The Kier molecular flexibility index (Phi) is 6.80. The molecule has 0 spiro atoms. The molecule has 0 aliphatic carbocycles. The van der Waals surface area contributed by atoms with Crippen LogP contribution in [0.25, 0.3) is 0 Å². The molecule has 1 N–H and O–H groups in total. The molecule has 3 amide bonds.